The van der Waals surface area contributed by atoms with Gasteiger partial charge in [-0.3, -0.25) is 30.0 Å². The lowest BCUT2D eigenvalue weighted by molar-refractivity contribution is -0.128. The molecule has 1 aromatic carbocycles. The molecule has 1 atom stereocenters. The number of aromatic amines is 1. The van der Waals surface area contributed by atoms with Gasteiger partial charge in [0.2, 0.25) is 0 Å². The minimum Gasteiger partial charge on any atom is -0.481 e. The molecule has 0 saturated carbocycles. The highest BCUT2D eigenvalue weighted by molar-refractivity contribution is 6.02. The molecule has 2 aromatic rings. The molecule has 0 fully saturated rings. The van der Waals surface area contributed by atoms with Crippen molar-refractivity contribution in [3.63, 3.8) is 0 Å². The van der Waals surface area contributed by atoms with Crippen LogP contribution in [-0.2, 0) is 11.2 Å². The molecule has 1 aromatic heterocycles. The number of aryl methyl sites for hydroxylation is 1. The van der Waals surface area contributed by atoms with Crippen LogP contribution < -0.4 is 21.1 Å². The number of ether oxygens (including phenoxy) is 1. The number of Topliss-reactive ketones (excluding diaryl/α,β-unsaturated/α-hetero) is 1. The number of nitrogens with one attached hydrogen (secondary N) is 3. The fraction of sp³-hybridized carbons (Fsp3) is 0.391. The third kappa shape index (κ3) is 4.84. The van der Waals surface area contributed by atoms with Crippen molar-refractivity contribution in [2.24, 2.45) is 5.41 Å². The smallest absolute Gasteiger partial charge is 0.279 e. The van der Waals surface area contributed by atoms with Gasteiger partial charge in [-0.05, 0) is 55.9 Å². The summed E-state index contributed by atoms with van der Waals surface area (Å²) in [6, 6.07) is 6.82. The Labute approximate surface area is 180 Å². The van der Waals surface area contributed by atoms with Crippen LogP contribution >= 0.6 is 0 Å². The molecule has 3 N–H and O–H groups in total. The Bertz CT molecular complexity index is 1120. The predicted molar refractivity (Wildman–Crippen MR) is 115 cm³/mol. The summed E-state index contributed by atoms with van der Waals surface area (Å²) in [5, 5.41) is 0. The third-order valence-electron chi connectivity index (χ3n) is 5.49. The summed E-state index contributed by atoms with van der Waals surface area (Å²) in [5.74, 6) is -0.951. The van der Waals surface area contributed by atoms with Gasteiger partial charge in [0.25, 0.3) is 17.4 Å². The minimum atomic E-state index is -0.883. The Morgan fingerprint density at radius 1 is 1.13 bits per heavy atom. The van der Waals surface area contributed by atoms with Gasteiger partial charge in [-0.1, -0.05) is 26.0 Å². The summed E-state index contributed by atoms with van der Waals surface area (Å²) in [4.78, 5) is 52.2. The molecule has 3 rings (SSSR count). The van der Waals surface area contributed by atoms with Crippen LogP contribution in [0.2, 0.25) is 0 Å². The first-order valence-corrected chi connectivity index (χ1v) is 10.1. The van der Waals surface area contributed by atoms with E-state index in [1.54, 1.807) is 13.0 Å². The van der Waals surface area contributed by atoms with E-state index in [2.05, 4.69) is 15.8 Å². The Morgan fingerprint density at radius 2 is 1.84 bits per heavy atom. The quantitative estimate of drug-likeness (QED) is 0.650. The lowest BCUT2D eigenvalue weighted by Crippen LogP contribution is -2.48. The number of rotatable bonds is 4. The van der Waals surface area contributed by atoms with E-state index in [4.69, 9.17) is 4.74 Å². The number of pyridine rings is 1. The highest BCUT2D eigenvalue weighted by atomic mass is 16.5. The Balaban J connectivity index is 1.67. The van der Waals surface area contributed by atoms with Crippen molar-refractivity contribution in [1.82, 2.24) is 15.8 Å². The normalized spacial score (nSPS) is 15.6. The van der Waals surface area contributed by atoms with Crippen LogP contribution in [0.25, 0.3) is 0 Å². The molecular formula is C23H27N3O5. The highest BCUT2D eigenvalue weighted by Gasteiger charge is 2.32. The molecule has 0 bridgehead atoms. The first-order valence-electron chi connectivity index (χ1n) is 10.1. The molecule has 0 aliphatic heterocycles. The average molecular weight is 425 g/mol. The SMILES string of the molecule is Cc1cccc(OC(C)C(=O)NNC(=O)c2cc3c([nH]c2=O)CC(C)(C)CC3=O)c1C. The van der Waals surface area contributed by atoms with E-state index in [1.807, 2.05) is 39.8 Å². The number of H-pyrrole nitrogens is 1. The lowest BCUT2D eigenvalue weighted by atomic mass is 9.75. The Kier molecular flexibility index (Phi) is 6.01. The van der Waals surface area contributed by atoms with Crippen LogP contribution in [0, 0.1) is 19.3 Å². The van der Waals surface area contributed by atoms with Gasteiger partial charge in [-0.2, -0.15) is 0 Å². The number of carbonyl (C=O) groups is 3. The second kappa shape index (κ2) is 8.37. The maximum atomic E-state index is 12.5. The summed E-state index contributed by atoms with van der Waals surface area (Å²) in [7, 11) is 0. The summed E-state index contributed by atoms with van der Waals surface area (Å²) >= 11 is 0. The van der Waals surface area contributed by atoms with E-state index < -0.39 is 23.5 Å². The number of amides is 2. The molecular weight excluding hydrogens is 398 g/mol. The van der Waals surface area contributed by atoms with Gasteiger partial charge in [-0.25, -0.2) is 0 Å². The second-order valence-corrected chi connectivity index (χ2v) is 8.75. The summed E-state index contributed by atoms with van der Waals surface area (Å²) in [6.07, 6.45) is -0.0156. The van der Waals surface area contributed by atoms with Crippen LogP contribution in [0.4, 0.5) is 0 Å². The molecule has 8 heteroatoms. The number of benzene rings is 1. The molecule has 31 heavy (non-hydrogen) atoms. The molecule has 0 saturated heterocycles. The second-order valence-electron chi connectivity index (χ2n) is 8.75. The van der Waals surface area contributed by atoms with E-state index in [9.17, 15) is 19.2 Å². The van der Waals surface area contributed by atoms with Gasteiger partial charge in [0.15, 0.2) is 11.9 Å². The molecule has 0 radical (unpaired) electrons. The number of hydrogen-bond acceptors (Lipinski definition) is 5. The maximum absolute atomic E-state index is 12.5. The third-order valence-corrected chi connectivity index (χ3v) is 5.49. The zero-order chi connectivity index (χ0) is 22.9. The van der Waals surface area contributed by atoms with Crippen molar-refractivity contribution >= 4 is 17.6 Å². The first kappa shape index (κ1) is 22.3. The largest absolute Gasteiger partial charge is 0.481 e. The number of ketones is 1. The Morgan fingerprint density at radius 3 is 2.55 bits per heavy atom. The number of hydrogen-bond donors (Lipinski definition) is 3. The fourth-order valence-electron chi connectivity index (χ4n) is 3.58. The summed E-state index contributed by atoms with van der Waals surface area (Å²) in [6.45, 7) is 9.28. The molecule has 0 spiro atoms. The standard InChI is InChI=1S/C23H27N3O5/c1-12-7-6-8-19(13(12)2)31-14(3)20(28)25-26-22(30)16-9-15-17(24-21(16)29)10-23(4,5)11-18(15)27/h6-9,14H,10-11H2,1-5H3,(H,24,29)(H,25,28)(H,26,30). The van der Waals surface area contributed by atoms with Crippen LogP contribution in [0.5, 0.6) is 5.75 Å². The molecule has 1 unspecified atom stereocenters. The van der Waals surface area contributed by atoms with Crippen LogP contribution in [0.15, 0.2) is 29.1 Å². The molecule has 8 nitrogen and oxygen atoms in total. The first-order chi connectivity index (χ1) is 14.5. The zero-order valence-corrected chi connectivity index (χ0v) is 18.3. The number of hydrazine groups is 1. The Hall–Kier alpha value is -3.42. The molecule has 1 heterocycles. The molecule has 2 amide bonds. The van der Waals surface area contributed by atoms with Gasteiger partial charge in [-0.15, -0.1) is 0 Å². The van der Waals surface area contributed by atoms with Gasteiger partial charge in [0, 0.05) is 17.7 Å². The van der Waals surface area contributed by atoms with E-state index >= 15 is 0 Å². The maximum Gasteiger partial charge on any atom is 0.279 e. The summed E-state index contributed by atoms with van der Waals surface area (Å²) < 4.78 is 5.68. The molecule has 1 aliphatic rings. The number of carbonyl (C=O) groups excluding carboxylic acids is 3. The van der Waals surface area contributed by atoms with Gasteiger partial charge in [0.1, 0.15) is 11.3 Å². The average Bonchev–Trinajstić information content (AvgIpc) is 2.67. The van der Waals surface area contributed by atoms with Crippen LogP contribution in [0.3, 0.4) is 0 Å². The monoisotopic (exact) mass is 425 g/mol. The van der Waals surface area contributed by atoms with Crippen molar-refractivity contribution in [3.05, 3.63) is 62.6 Å². The van der Waals surface area contributed by atoms with Crippen molar-refractivity contribution < 1.29 is 19.1 Å². The summed E-state index contributed by atoms with van der Waals surface area (Å²) in [5.41, 5.74) is 6.19. The number of fused-ring (bicyclic) bond motifs is 1. The van der Waals surface area contributed by atoms with E-state index in [-0.39, 0.29) is 16.8 Å². The van der Waals surface area contributed by atoms with Gasteiger partial charge in [0.05, 0.1) is 0 Å². The van der Waals surface area contributed by atoms with Gasteiger partial charge >= 0.3 is 0 Å². The van der Waals surface area contributed by atoms with Crippen molar-refractivity contribution in [3.8, 4) is 5.75 Å². The predicted octanol–water partition coefficient (Wildman–Crippen LogP) is 2.38. The van der Waals surface area contributed by atoms with Crippen molar-refractivity contribution in [2.75, 3.05) is 0 Å². The van der Waals surface area contributed by atoms with Crippen LogP contribution in [-0.4, -0.2) is 28.7 Å². The molecule has 164 valence electrons. The molecule has 1 aliphatic carbocycles. The van der Waals surface area contributed by atoms with E-state index in [1.165, 1.54) is 6.07 Å². The fourth-order valence-corrected chi connectivity index (χ4v) is 3.58. The minimum absolute atomic E-state index is 0.129. The highest BCUT2D eigenvalue weighted by Crippen LogP contribution is 2.33. The van der Waals surface area contributed by atoms with E-state index in [0.29, 0.717) is 29.8 Å². The zero-order valence-electron chi connectivity index (χ0n) is 18.3. The topological polar surface area (TPSA) is 117 Å². The van der Waals surface area contributed by atoms with Crippen molar-refractivity contribution in [1.29, 1.82) is 0 Å². The lowest BCUT2D eigenvalue weighted by Gasteiger charge is -2.29. The van der Waals surface area contributed by atoms with Crippen molar-refractivity contribution in [2.45, 2.75) is 53.6 Å². The van der Waals surface area contributed by atoms with Crippen LogP contribution in [0.1, 0.15) is 64.7 Å². The van der Waals surface area contributed by atoms with E-state index in [0.717, 1.165) is 11.1 Å². The number of aromatic nitrogens is 1. The van der Waals surface area contributed by atoms with Gasteiger partial charge < -0.3 is 9.72 Å².